The molecule has 0 atom stereocenters. The summed E-state index contributed by atoms with van der Waals surface area (Å²) in [6.07, 6.45) is 0. The van der Waals surface area contributed by atoms with Crippen LogP contribution in [0.4, 0.5) is 0 Å². The number of phenolic OH excluding ortho intramolecular Hbond substituents is 1. The van der Waals surface area contributed by atoms with Gasteiger partial charge in [-0.1, -0.05) is 44.2 Å². The standard InChI is InChI=1S/C21H20O5S2/c1-15(2)16-8-10-18(11-9-16)27(23,24)19-12-13-20(22)21(14-19)28(25,26)17-6-4-3-5-7-17/h3-15,22H,1-2H3. The third-order valence-electron chi connectivity index (χ3n) is 4.44. The van der Waals surface area contributed by atoms with Crippen molar-refractivity contribution in [2.24, 2.45) is 0 Å². The van der Waals surface area contributed by atoms with E-state index in [1.807, 2.05) is 13.8 Å². The molecule has 0 aliphatic carbocycles. The van der Waals surface area contributed by atoms with Crippen LogP contribution in [-0.4, -0.2) is 21.9 Å². The van der Waals surface area contributed by atoms with Crippen molar-refractivity contribution >= 4 is 19.7 Å². The summed E-state index contributed by atoms with van der Waals surface area (Å²) in [5, 5.41) is 10.1. The average molecular weight is 417 g/mol. The molecule has 1 N–H and O–H groups in total. The molecule has 0 aliphatic heterocycles. The summed E-state index contributed by atoms with van der Waals surface area (Å²) in [6, 6.07) is 17.3. The average Bonchev–Trinajstić information content (AvgIpc) is 2.68. The Kier molecular flexibility index (Phi) is 5.32. The monoisotopic (exact) mass is 416 g/mol. The zero-order valence-electron chi connectivity index (χ0n) is 15.4. The van der Waals surface area contributed by atoms with Crippen molar-refractivity contribution in [3.63, 3.8) is 0 Å². The number of phenols is 1. The molecule has 0 amide bonds. The van der Waals surface area contributed by atoms with E-state index in [9.17, 15) is 21.9 Å². The van der Waals surface area contributed by atoms with Gasteiger partial charge < -0.3 is 5.11 Å². The molecule has 0 aromatic heterocycles. The lowest BCUT2D eigenvalue weighted by Crippen LogP contribution is -2.06. The van der Waals surface area contributed by atoms with Crippen molar-refractivity contribution in [1.29, 1.82) is 0 Å². The first-order valence-corrected chi connectivity index (χ1v) is 11.6. The molecule has 0 saturated carbocycles. The van der Waals surface area contributed by atoms with E-state index in [-0.39, 0.29) is 20.6 Å². The van der Waals surface area contributed by atoms with Crippen LogP contribution in [0.3, 0.4) is 0 Å². The summed E-state index contributed by atoms with van der Waals surface area (Å²) < 4.78 is 51.6. The van der Waals surface area contributed by atoms with Gasteiger partial charge >= 0.3 is 0 Å². The van der Waals surface area contributed by atoms with Crippen LogP contribution in [0, 0.1) is 0 Å². The maximum Gasteiger partial charge on any atom is 0.210 e. The molecule has 0 saturated heterocycles. The highest BCUT2D eigenvalue weighted by Crippen LogP contribution is 2.32. The minimum absolute atomic E-state index is 0.0267. The van der Waals surface area contributed by atoms with E-state index >= 15 is 0 Å². The maximum absolute atomic E-state index is 13.0. The first kappa shape index (κ1) is 20.1. The third-order valence-corrected chi connectivity index (χ3v) is 8.01. The van der Waals surface area contributed by atoms with E-state index in [0.717, 1.165) is 17.7 Å². The first-order chi connectivity index (χ1) is 13.1. The number of sulfone groups is 2. The van der Waals surface area contributed by atoms with Crippen molar-refractivity contribution < 1.29 is 21.9 Å². The molecule has 0 radical (unpaired) electrons. The normalized spacial score (nSPS) is 12.2. The molecule has 3 aromatic rings. The Hall–Kier alpha value is -2.64. The van der Waals surface area contributed by atoms with Gasteiger partial charge in [0.1, 0.15) is 10.6 Å². The van der Waals surface area contributed by atoms with Gasteiger partial charge in [0.15, 0.2) is 0 Å². The van der Waals surface area contributed by atoms with Gasteiger partial charge in [0.25, 0.3) is 0 Å². The van der Waals surface area contributed by atoms with Gasteiger partial charge in [-0.3, -0.25) is 0 Å². The van der Waals surface area contributed by atoms with E-state index in [1.165, 1.54) is 30.3 Å². The van der Waals surface area contributed by atoms with Crippen LogP contribution in [0.15, 0.2) is 92.4 Å². The first-order valence-electron chi connectivity index (χ1n) is 8.62. The molecule has 0 heterocycles. The van der Waals surface area contributed by atoms with Crippen LogP contribution < -0.4 is 0 Å². The minimum Gasteiger partial charge on any atom is -0.507 e. The fourth-order valence-electron chi connectivity index (χ4n) is 2.77. The van der Waals surface area contributed by atoms with Crippen LogP contribution in [0.25, 0.3) is 0 Å². The third kappa shape index (κ3) is 3.68. The number of hydrogen-bond donors (Lipinski definition) is 1. The predicted molar refractivity (Wildman–Crippen MR) is 106 cm³/mol. The number of benzene rings is 3. The Morgan fingerprint density at radius 1 is 0.679 bits per heavy atom. The quantitative estimate of drug-likeness (QED) is 0.674. The summed E-state index contributed by atoms with van der Waals surface area (Å²) in [6.45, 7) is 4.01. The molecule has 7 heteroatoms. The van der Waals surface area contributed by atoms with Gasteiger partial charge in [0, 0.05) is 0 Å². The fourth-order valence-corrected chi connectivity index (χ4v) is 5.53. The van der Waals surface area contributed by atoms with Crippen molar-refractivity contribution in [3.8, 4) is 5.75 Å². The molecule has 28 heavy (non-hydrogen) atoms. The molecule has 3 rings (SSSR count). The Balaban J connectivity index is 2.10. The van der Waals surface area contributed by atoms with Crippen molar-refractivity contribution in [2.45, 2.75) is 39.3 Å². The number of hydrogen-bond acceptors (Lipinski definition) is 5. The van der Waals surface area contributed by atoms with Crippen LogP contribution in [0.5, 0.6) is 5.75 Å². The van der Waals surface area contributed by atoms with E-state index in [1.54, 1.807) is 30.3 Å². The predicted octanol–water partition coefficient (Wildman–Crippen LogP) is 4.18. The Bertz CT molecular complexity index is 1200. The molecule has 0 fully saturated rings. The molecule has 0 aliphatic rings. The largest absolute Gasteiger partial charge is 0.507 e. The lowest BCUT2D eigenvalue weighted by atomic mass is 10.0. The van der Waals surface area contributed by atoms with Crippen LogP contribution >= 0.6 is 0 Å². The molecular formula is C21H20O5S2. The highest BCUT2D eigenvalue weighted by Gasteiger charge is 2.26. The van der Waals surface area contributed by atoms with Gasteiger partial charge in [0.05, 0.1) is 14.7 Å². The van der Waals surface area contributed by atoms with Gasteiger partial charge in [-0.25, -0.2) is 16.8 Å². The summed E-state index contributed by atoms with van der Waals surface area (Å²) in [7, 11) is -8.01. The topological polar surface area (TPSA) is 88.5 Å². The lowest BCUT2D eigenvalue weighted by Gasteiger charge is -2.11. The summed E-state index contributed by atoms with van der Waals surface area (Å²) in [5.74, 6) is -0.244. The van der Waals surface area contributed by atoms with E-state index in [0.29, 0.717) is 0 Å². The number of rotatable bonds is 5. The Morgan fingerprint density at radius 2 is 1.21 bits per heavy atom. The SMILES string of the molecule is CC(C)c1ccc(S(=O)(=O)c2ccc(O)c(S(=O)(=O)c3ccccc3)c2)cc1. The second-order valence-corrected chi connectivity index (χ2v) is 10.5. The van der Waals surface area contributed by atoms with Crippen LogP contribution in [0.2, 0.25) is 0 Å². The minimum atomic E-state index is -4.07. The molecule has 0 unspecified atom stereocenters. The molecule has 0 spiro atoms. The molecule has 3 aromatic carbocycles. The summed E-state index contributed by atoms with van der Waals surface area (Å²) >= 11 is 0. The van der Waals surface area contributed by atoms with Gasteiger partial charge in [-0.15, -0.1) is 0 Å². The van der Waals surface area contributed by atoms with E-state index in [4.69, 9.17) is 0 Å². The summed E-state index contributed by atoms with van der Waals surface area (Å²) in [5.41, 5.74) is 0.997. The highest BCUT2D eigenvalue weighted by atomic mass is 32.2. The zero-order chi connectivity index (χ0) is 20.5. The molecule has 146 valence electrons. The van der Waals surface area contributed by atoms with Crippen LogP contribution in [0.1, 0.15) is 25.3 Å². The van der Waals surface area contributed by atoms with Gasteiger partial charge in [0.2, 0.25) is 19.7 Å². The summed E-state index contributed by atoms with van der Waals surface area (Å²) in [4.78, 5) is -0.609. The molecular weight excluding hydrogens is 396 g/mol. The lowest BCUT2D eigenvalue weighted by molar-refractivity contribution is 0.458. The Labute approximate surface area is 165 Å². The van der Waals surface area contributed by atoms with Crippen LogP contribution in [-0.2, 0) is 19.7 Å². The highest BCUT2D eigenvalue weighted by molar-refractivity contribution is 7.92. The second kappa shape index (κ2) is 7.41. The van der Waals surface area contributed by atoms with Crippen molar-refractivity contribution in [1.82, 2.24) is 0 Å². The van der Waals surface area contributed by atoms with Crippen molar-refractivity contribution in [2.75, 3.05) is 0 Å². The van der Waals surface area contributed by atoms with Crippen molar-refractivity contribution in [3.05, 3.63) is 78.4 Å². The van der Waals surface area contributed by atoms with Gasteiger partial charge in [-0.05, 0) is 53.9 Å². The van der Waals surface area contributed by atoms with E-state index < -0.39 is 30.3 Å². The molecule has 5 nitrogen and oxygen atoms in total. The second-order valence-electron chi connectivity index (χ2n) is 6.67. The zero-order valence-corrected chi connectivity index (χ0v) is 17.0. The number of aromatic hydroxyl groups is 1. The maximum atomic E-state index is 13.0. The van der Waals surface area contributed by atoms with Gasteiger partial charge in [-0.2, -0.15) is 0 Å². The Morgan fingerprint density at radius 3 is 1.79 bits per heavy atom. The van der Waals surface area contributed by atoms with E-state index in [2.05, 4.69) is 0 Å². The smallest absolute Gasteiger partial charge is 0.210 e. The fraction of sp³-hybridized carbons (Fsp3) is 0.143. The molecule has 0 bridgehead atoms.